The molecule has 0 radical (unpaired) electrons. The standard InChI is InChI=1S/C14H15NO2/c1-10(11-3-2-4-14(17)9-11)15-12-5-7-13(16)8-6-12/h2-10,15-17H,1H3. The van der Waals surface area contributed by atoms with Crippen LogP contribution in [-0.4, -0.2) is 10.2 Å². The molecule has 0 amide bonds. The van der Waals surface area contributed by atoms with Gasteiger partial charge in [-0.05, 0) is 48.9 Å². The average molecular weight is 229 g/mol. The Bertz CT molecular complexity index is 494. The smallest absolute Gasteiger partial charge is 0.115 e. The number of benzene rings is 2. The molecule has 0 aromatic heterocycles. The van der Waals surface area contributed by atoms with Crippen molar-refractivity contribution in [2.24, 2.45) is 0 Å². The molecule has 1 unspecified atom stereocenters. The molecule has 3 nitrogen and oxygen atoms in total. The van der Waals surface area contributed by atoms with Gasteiger partial charge in [-0.2, -0.15) is 0 Å². The van der Waals surface area contributed by atoms with Crippen LogP contribution in [0.25, 0.3) is 0 Å². The fourth-order valence-corrected chi connectivity index (χ4v) is 1.69. The maximum atomic E-state index is 9.40. The van der Waals surface area contributed by atoms with Crippen LogP contribution in [0.3, 0.4) is 0 Å². The van der Waals surface area contributed by atoms with Crippen LogP contribution in [0.1, 0.15) is 18.5 Å². The van der Waals surface area contributed by atoms with Crippen molar-refractivity contribution < 1.29 is 10.2 Å². The summed E-state index contributed by atoms with van der Waals surface area (Å²) < 4.78 is 0. The molecule has 0 saturated carbocycles. The second kappa shape index (κ2) is 4.78. The molecule has 0 spiro atoms. The number of phenols is 2. The van der Waals surface area contributed by atoms with Crippen molar-refractivity contribution in [3.8, 4) is 11.5 Å². The van der Waals surface area contributed by atoms with Crippen molar-refractivity contribution in [3.63, 3.8) is 0 Å². The lowest BCUT2D eigenvalue weighted by Crippen LogP contribution is -2.06. The van der Waals surface area contributed by atoms with Gasteiger partial charge in [-0.3, -0.25) is 0 Å². The number of aromatic hydroxyl groups is 2. The molecule has 0 heterocycles. The van der Waals surface area contributed by atoms with Crippen molar-refractivity contribution in [1.29, 1.82) is 0 Å². The number of phenolic OH excluding ortho intramolecular Hbond substituents is 2. The summed E-state index contributed by atoms with van der Waals surface area (Å²) in [7, 11) is 0. The number of anilines is 1. The van der Waals surface area contributed by atoms with Gasteiger partial charge in [-0.15, -0.1) is 0 Å². The molecule has 17 heavy (non-hydrogen) atoms. The summed E-state index contributed by atoms with van der Waals surface area (Å²) in [5.41, 5.74) is 1.94. The van der Waals surface area contributed by atoms with E-state index < -0.39 is 0 Å². The Morgan fingerprint density at radius 3 is 2.29 bits per heavy atom. The molecule has 1 atom stereocenters. The number of rotatable bonds is 3. The molecule has 0 aliphatic carbocycles. The summed E-state index contributed by atoms with van der Waals surface area (Å²) in [6.45, 7) is 2.02. The summed E-state index contributed by atoms with van der Waals surface area (Å²) in [4.78, 5) is 0. The third kappa shape index (κ3) is 2.91. The molecular formula is C14H15NO2. The Balaban J connectivity index is 2.11. The quantitative estimate of drug-likeness (QED) is 0.708. The Morgan fingerprint density at radius 1 is 0.941 bits per heavy atom. The molecule has 88 valence electrons. The highest BCUT2D eigenvalue weighted by molar-refractivity contribution is 5.48. The molecule has 2 aromatic rings. The maximum absolute atomic E-state index is 9.40. The van der Waals surface area contributed by atoms with Gasteiger partial charge in [0.15, 0.2) is 0 Å². The first-order valence-electron chi connectivity index (χ1n) is 5.49. The topological polar surface area (TPSA) is 52.5 Å². The van der Waals surface area contributed by atoms with E-state index in [-0.39, 0.29) is 17.5 Å². The normalized spacial score (nSPS) is 12.1. The molecule has 0 aliphatic heterocycles. The van der Waals surface area contributed by atoms with Gasteiger partial charge in [0, 0.05) is 11.7 Å². The van der Waals surface area contributed by atoms with Crippen molar-refractivity contribution in [2.75, 3.05) is 5.32 Å². The zero-order valence-corrected chi connectivity index (χ0v) is 9.59. The zero-order chi connectivity index (χ0) is 12.3. The fraction of sp³-hybridized carbons (Fsp3) is 0.143. The second-order valence-electron chi connectivity index (χ2n) is 4.01. The van der Waals surface area contributed by atoms with Gasteiger partial charge < -0.3 is 15.5 Å². The molecule has 0 fully saturated rings. The van der Waals surface area contributed by atoms with Crippen LogP contribution >= 0.6 is 0 Å². The van der Waals surface area contributed by atoms with Crippen molar-refractivity contribution in [2.45, 2.75) is 13.0 Å². The lowest BCUT2D eigenvalue weighted by Gasteiger charge is -2.15. The van der Waals surface area contributed by atoms with E-state index >= 15 is 0 Å². The Kier molecular flexibility index (Phi) is 3.19. The second-order valence-corrected chi connectivity index (χ2v) is 4.01. The van der Waals surface area contributed by atoms with E-state index in [0.717, 1.165) is 11.3 Å². The summed E-state index contributed by atoms with van der Waals surface area (Å²) in [5.74, 6) is 0.516. The highest BCUT2D eigenvalue weighted by atomic mass is 16.3. The van der Waals surface area contributed by atoms with Gasteiger partial charge in [-0.25, -0.2) is 0 Å². The molecule has 0 saturated heterocycles. The summed E-state index contributed by atoms with van der Waals surface area (Å²) in [6, 6.07) is 14.1. The van der Waals surface area contributed by atoms with Crippen LogP contribution in [0, 0.1) is 0 Å². The van der Waals surface area contributed by atoms with Crippen LogP contribution in [-0.2, 0) is 0 Å². The molecule has 3 heteroatoms. The highest BCUT2D eigenvalue weighted by Gasteiger charge is 2.05. The SMILES string of the molecule is CC(Nc1ccc(O)cc1)c1cccc(O)c1. The van der Waals surface area contributed by atoms with Crippen molar-refractivity contribution in [1.82, 2.24) is 0 Å². The van der Waals surface area contributed by atoms with Gasteiger partial charge >= 0.3 is 0 Å². The van der Waals surface area contributed by atoms with E-state index in [1.165, 1.54) is 0 Å². The minimum absolute atomic E-state index is 0.0895. The maximum Gasteiger partial charge on any atom is 0.115 e. The van der Waals surface area contributed by atoms with Crippen LogP contribution in [0.15, 0.2) is 48.5 Å². The summed E-state index contributed by atoms with van der Waals surface area (Å²) in [5, 5.41) is 21.9. The van der Waals surface area contributed by atoms with Gasteiger partial charge in [0.1, 0.15) is 11.5 Å². The van der Waals surface area contributed by atoms with E-state index in [9.17, 15) is 10.2 Å². The first-order chi connectivity index (χ1) is 8.15. The van der Waals surface area contributed by atoms with Crippen LogP contribution in [0.2, 0.25) is 0 Å². The van der Waals surface area contributed by atoms with E-state index in [1.807, 2.05) is 31.2 Å². The fourth-order valence-electron chi connectivity index (χ4n) is 1.69. The average Bonchev–Trinajstić information content (AvgIpc) is 2.32. The molecule has 2 rings (SSSR count). The predicted molar refractivity (Wildman–Crippen MR) is 68.3 cm³/mol. The highest BCUT2D eigenvalue weighted by Crippen LogP contribution is 2.23. The van der Waals surface area contributed by atoms with Crippen LogP contribution in [0.5, 0.6) is 11.5 Å². The number of nitrogens with one attached hydrogen (secondary N) is 1. The third-order valence-electron chi connectivity index (χ3n) is 2.62. The van der Waals surface area contributed by atoms with Crippen molar-refractivity contribution in [3.05, 3.63) is 54.1 Å². The summed E-state index contributed by atoms with van der Waals surface area (Å²) in [6.07, 6.45) is 0. The lowest BCUT2D eigenvalue weighted by atomic mass is 10.1. The summed E-state index contributed by atoms with van der Waals surface area (Å²) >= 11 is 0. The van der Waals surface area contributed by atoms with Crippen molar-refractivity contribution >= 4 is 5.69 Å². The molecule has 3 N–H and O–H groups in total. The van der Waals surface area contributed by atoms with Gasteiger partial charge in [0.05, 0.1) is 0 Å². The van der Waals surface area contributed by atoms with E-state index in [4.69, 9.17) is 0 Å². The minimum atomic E-state index is 0.0895. The van der Waals surface area contributed by atoms with Gasteiger partial charge in [0.25, 0.3) is 0 Å². The predicted octanol–water partition coefficient (Wildman–Crippen LogP) is 3.27. The monoisotopic (exact) mass is 229 g/mol. The Hall–Kier alpha value is -2.16. The number of hydrogen-bond donors (Lipinski definition) is 3. The molecule has 0 bridgehead atoms. The first-order valence-corrected chi connectivity index (χ1v) is 5.49. The van der Waals surface area contributed by atoms with Gasteiger partial charge in [-0.1, -0.05) is 12.1 Å². The first kappa shape index (κ1) is 11.3. The Labute approximate surface area is 100 Å². The van der Waals surface area contributed by atoms with Crippen LogP contribution in [0.4, 0.5) is 5.69 Å². The van der Waals surface area contributed by atoms with E-state index in [2.05, 4.69) is 5.32 Å². The Morgan fingerprint density at radius 2 is 1.65 bits per heavy atom. The van der Waals surface area contributed by atoms with E-state index in [0.29, 0.717) is 0 Å². The zero-order valence-electron chi connectivity index (χ0n) is 9.59. The number of hydrogen-bond acceptors (Lipinski definition) is 3. The lowest BCUT2D eigenvalue weighted by molar-refractivity contribution is 0.474. The van der Waals surface area contributed by atoms with Gasteiger partial charge in [0.2, 0.25) is 0 Å². The van der Waals surface area contributed by atoms with E-state index in [1.54, 1.807) is 24.3 Å². The largest absolute Gasteiger partial charge is 0.508 e. The minimum Gasteiger partial charge on any atom is -0.508 e. The molecular weight excluding hydrogens is 214 g/mol. The third-order valence-corrected chi connectivity index (χ3v) is 2.62. The van der Waals surface area contributed by atoms with Crippen LogP contribution < -0.4 is 5.32 Å². The molecule has 2 aromatic carbocycles. The molecule has 0 aliphatic rings.